The van der Waals surface area contributed by atoms with Gasteiger partial charge in [0.1, 0.15) is 5.60 Å². The summed E-state index contributed by atoms with van der Waals surface area (Å²) in [6.45, 7) is 13.6. The molecule has 0 unspecified atom stereocenters. The van der Waals surface area contributed by atoms with E-state index in [1.807, 2.05) is 6.92 Å². The van der Waals surface area contributed by atoms with Gasteiger partial charge in [-0.15, -0.1) is 0 Å². The lowest BCUT2D eigenvalue weighted by Crippen LogP contribution is -2.44. The number of rotatable bonds is 14. The molecule has 0 aliphatic heterocycles. The van der Waals surface area contributed by atoms with Crippen LogP contribution in [-0.4, -0.2) is 43.3 Å². The summed E-state index contributed by atoms with van der Waals surface area (Å²) in [5.74, 6) is -0.469. The zero-order chi connectivity index (χ0) is 27.0. The van der Waals surface area contributed by atoms with Gasteiger partial charge >= 0.3 is 12.1 Å². The Morgan fingerprint density at radius 3 is 2.00 bits per heavy atom. The molecule has 0 saturated heterocycles. The average Bonchev–Trinajstić information content (AvgIpc) is 2.81. The molecule has 0 spiro atoms. The van der Waals surface area contributed by atoms with Crippen molar-refractivity contribution in [3.8, 4) is 0 Å². The number of nitrogens with zero attached hydrogens (tertiary/aromatic N) is 1. The first kappa shape index (κ1) is 31.1. The van der Waals surface area contributed by atoms with E-state index in [0.29, 0.717) is 17.8 Å². The van der Waals surface area contributed by atoms with Crippen molar-refractivity contribution in [2.24, 2.45) is 0 Å². The molecule has 0 aliphatic rings. The predicted octanol–water partition coefficient (Wildman–Crippen LogP) is 5.96. The number of hydrogen-bond donors (Lipinski definition) is 4. The van der Waals surface area contributed by atoms with E-state index in [-0.39, 0.29) is 6.03 Å². The summed E-state index contributed by atoms with van der Waals surface area (Å²) in [7, 11) is 0. The highest BCUT2D eigenvalue weighted by molar-refractivity contribution is 5.99. The molecule has 0 heterocycles. The van der Waals surface area contributed by atoms with Crippen molar-refractivity contribution in [1.82, 2.24) is 16.2 Å². The first-order valence-corrected chi connectivity index (χ1v) is 13.3. The van der Waals surface area contributed by atoms with Gasteiger partial charge in [0.25, 0.3) is 5.91 Å². The number of anilines is 2. The number of hydrogen-bond acceptors (Lipinski definition) is 5. The molecular weight excluding hydrogens is 458 g/mol. The van der Waals surface area contributed by atoms with E-state index in [2.05, 4.69) is 40.2 Å². The maximum atomic E-state index is 12.8. The summed E-state index contributed by atoms with van der Waals surface area (Å²) in [4.78, 5) is 39.3. The Bertz CT molecular complexity index is 811. The van der Waals surface area contributed by atoms with Crippen molar-refractivity contribution in [1.29, 1.82) is 0 Å². The Labute approximate surface area is 217 Å². The maximum Gasteiger partial charge on any atom is 0.426 e. The van der Waals surface area contributed by atoms with Gasteiger partial charge in [-0.3, -0.25) is 10.2 Å². The third kappa shape index (κ3) is 12.7. The SMILES string of the molecule is CCCCCCN(CCCCCC)c1cc(C(=O)NNC(=O)OC(C)(C)C)ccc1NC(=O)NCC. The second-order valence-electron chi connectivity index (χ2n) is 9.91. The normalized spacial score (nSPS) is 10.9. The fourth-order valence-electron chi connectivity index (χ4n) is 3.66. The topological polar surface area (TPSA) is 112 Å². The Balaban J connectivity index is 3.15. The molecule has 0 saturated carbocycles. The van der Waals surface area contributed by atoms with Crippen LogP contribution in [0.15, 0.2) is 18.2 Å². The van der Waals surface area contributed by atoms with E-state index in [0.717, 1.165) is 57.3 Å². The van der Waals surface area contributed by atoms with Gasteiger partial charge < -0.3 is 20.3 Å². The van der Waals surface area contributed by atoms with E-state index in [1.54, 1.807) is 39.0 Å². The van der Waals surface area contributed by atoms with E-state index < -0.39 is 17.6 Å². The monoisotopic (exact) mass is 505 g/mol. The van der Waals surface area contributed by atoms with E-state index >= 15 is 0 Å². The standard InChI is InChI=1S/C27H47N5O4/c1-7-10-12-14-18-32(19-15-13-11-8-2)23-20-21(16-17-22(23)29-25(34)28-9-3)24(33)30-31-26(35)36-27(4,5)6/h16-17,20H,7-15,18-19H2,1-6H3,(H,30,33)(H,31,35)(H2,28,29,34). The molecule has 36 heavy (non-hydrogen) atoms. The first-order chi connectivity index (χ1) is 17.1. The predicted molar refractivity (Wildman–Crippen MR) is 146 cm³/mol. The van der Waals surface area contributed by atoms with Crippen LogP contribution in [0.5, 0.6) is 0 Å². The highest BCUT2D eigenvalue weighted by Gasteiger charge is 2.19. The fourth-order valence-corrected chi connectivity index (χ4v) is 3.66. The number of nitrogens with one attached hydrogen (secondary N) is 4. The second kappa shape index (κ2) is 16.7. The quantitative estimate of drug-likeness (QED) is 0.184. The summed E-state index contributed by atoms with van der Waals surface area (Å²) in [6, 6.07) is 4.84. The molecule has 0 radical (unpaired) electrons. The third-order valence-electron chi connectivity index (χ3n) is 5.43. The minimum atomic E-state index is -0.737. The van der Waals surface area contributed by atoms with Crippen LogP contribution in [0.2, 0.25) is 0 Å². The van der Waals surface area contributed by atoms with E-state index in [9.17, 15) is 14.4 Å². The molecular formula is C27H47N5O4. The van der Waals surface area contributed by atoms with Crippen molar-refractivity contribution in [2.75, 3.05) is 29.9 Å². The molecule has 0 bridgehead atoms. The summed E-state index contributed by atoms with van der Waals surface area (Å²) < 4.78 is 5.17. The lowest BCUT2D eigenvalue weighted by atomic mass is 10.1. The third-order valence-corrected chi connectivity index (χ3v) is 5.43. The van der Waals surface area contributed by atoms with Gasteiger partial charge in [-0.2, -0.15) is 0 Å². The highest BCUT2D eigenvalue weighted by Crippen LogP contribution is 2.29. The van der Waals surface area contributed by atoms with Crippen LogP contribution in [0.1, 0.15) is 103 Å². The highest BCUT2D eigenvalue weighted by atomic mass is 16.6. The number of amides is 4. The van der Waals surface area contributed by atoms with Crippen LogP contribution in [-0.2, 0) is 4.74 Å². The largest absolute Gasteiger partial charge is 0.443 e. The molecule has 204 valence electrons. The van der Waals surface area contributed by atoms with Gasteiger partial charge in [-0.1, -0.05) is 52.4 Å². The molecule has 1 rings (SSSR count). The molecule has 4 amide bonds. The van der Waals surface area contributed by atoms with Crippen molar-refractivity contribution in [3.63, 3.8) is 0 Å². The zero-order valence-electron chi connectivity index (χ0n) is 23.1. The van der Waals surface area contributed by atoms with Crippen molar-refractivity contribution in [2.45, 2.75) is 98.5 Å². The van der Waals surface area contributed by atoms with Gasteiger partial charge in [0, 0.05) is 25.2 Å². The number of benzene rings is 1. The number of carbonyl (C=O) groups is 3. The molecule has 0 atom stereocenters. The Kier molecular flexibility index (Phi) is 14.4. The number of urea groups is 1. The van der Waals surface area contributed by atoms with Crippen molar-refractivity contribution >= 4 is 29.4 Å². The summed E-state index contributed by atoms with van der Waals surface area (Å²) in [5.41, 5.74) is 5.83. The number of ether oxygens (including phenoxy) is 1. The van der Waals surface area contributed by atoms with Gasteiger partial charge in [0.05, 0.1) is 11.4 Å². The molecule has 9 heteroatoms. The zero-order valence-corrected chi connectivity index (χ0v) is 23.1. The fraction of sp³-hybridized carbons (Fsp3) is 0.667. The molecule has 4 N–H and O–H groups in total. The summed E-state index contributed by atoms with van der Waals surface area (Å²) in [6.07, 6.45) is 8.22. The summed E-state index contributed by atoms with van der Waals surface area (Å²) >= 11 is 0. The first-order valence-electron chi connectivity index (χ1n) is 13.3. The minimum Gasteiger partial charge on any atom is -0.443 e. The Morgan fingerprint density at radius 2 is 1.47 bits per heavy atom. The number of carbonyl (C=O) groups excluding carboxylic acids is 3. The maximum absolute atomic E-state index is 12.8. The molecule has 9 nitrogen and oxygen atoms in total. The molecule has 0 aliphatic carbocycles. The molecule has 1 aromatic rings. The van der Waals surface area contributed by atoms with Crippen LogP contribution >= 0.6 is 0 Å². The van der Waals surface area contributed by atoms with E-state index in [4.69, 9.17) is 4.74 Å². The molecule has 0 aromatic heterocycles. The summed E-state index contributed by atoms with van der Waals surface area (Å²) in [5, 5.41) is 5.68. The van der Waals surface area contributed by atoms with Crippen LogP contribution in [0, 0.1) is 0 Å². The second-order valence-corrected chi connectivity index (χ2v) is 9.91. The van der Waals surface area contributed by atoms with Gasteiger partial charge in [0.2, 0.25) is 0 Å². The van der Waals surface area contributed by atoms with Crippen molar-refractivity contribution < 1.29 is 19.1 Å². The molecule has 0 fully saturated rings. The van der Waals surface area contributed by atoms with Crippen LogP contribution in [0.4, 0.5) is 21.0 Å². The van der Waals surface area contributed by atoms with Gasteiger partial charge in [0.15, 0.2) is 0 Å². The smallest absolute Gasteiger partial charge is 0.426 e. The lowest BCUT2D eigenvalue weighted by molar-refractivity contribution is 0.0483. The van der Waals surface area contributed by atoms with Crippen molar-refractivity contribution in [3.05, 3.63) is 23.8 Å². The van der Waals surface area contributed by atoms with Gasteiger partial charge in [-0.25, -0.2) is 15.0 Å². The van der Waals surface area contributed by atoms with E-state index in [1.165, 1.54) is 12.8 Å². The lowest BCUT2D eigenvalue weighted by Gasteiger charge is -2.28. The average molecular weight is 506 g/mol. The Hall–Kier alpha value is -2.97. The van der Waals surface area contributed by atoms with Crippen LogP contribution in [0.3, 0.4) is 0 Å². The number of hydrazine groups is 1. The molecule has 1 aromatic carbocycles. The van der Waals surface area contributed by atoms with Gasteiger partial charge in [-0.05, 0) is 58.7 Å². The van der Waals surface area contributed by atoms with Crippen LogP contribution in [0.25, 0.3) is 0 Å². The minimum absolute atomic E-state index is 0.292. The van der Waals surface area contributed by atoms with Crippen LogP contribution < -0.4 is 26.4 Å². The number of unbranched alkanes of at least 4 members (excludes halogenated alkanes) is 6. The Morgan fingerprint density at radius 1 is 0.861 bits per heavy atom.